The molecule has 5 nitrogen and oxygen atoms in total. The van der Waals surface area contributed by atoms with Crippen molar-refractivity contribution < 1.29 is 14.6 Å². The number of nitrogens with one attached hydrogen (secondary N) is 1. The summed E-state index contributed by atoms with van der Waals surface area (Å²) in [6.07, 6.45) is 2.20. The van der Waals surface area contributed by atoms with Crippen molar-refractivity contribution in [2.45, 2.75) is 57.0 Å². The van der Waals surface area contributed by atoms with E-state index in [1.54, 1.807) is 0 Å². The van der Waals surface area contributed by atoms with Gasteiger partial charge in [-0.25, -0.2) is 0 Å². The van der Waals surface area contributed by atoms with Crippen LogP contribution in [0.5, 0.6) is 11.5 Å². The maximum Gasteiger partial charge on any atom is 0.169 e. The fraction of sp³-hybridized carbons (Fsp3) is 0.400. The van der Waals surface area contributed by atoms with Crippen molar-refractivity contribution in [3.05, 3.63) is 95.6 Å². The summed E-state index contributed by atoms with van der Waals surface area (Å²) in [5.41, 5.74) is 3.44. The minimum Gasteiger partial charge on any atom is -0.483 e. The molecule has 0 bridgehead atoms. The predicted molar refractivity (Wildman–Crippen MR) is 139 cm³/mol. The van der Waals surface area contributed by atoms with Crippen LogP contribution in [0.3, 0.4) is 0 Å². The van der Waals surface area contributed by atoms with Gasteiger partial charge in [-0.15, -0.1) is 0 Å². The molecule has 2 atom stereocenters. The number of para-hydroxylation sites is 1. The summed E-state index contributed by atoms with van der Waals surface area (Å²) < 4.78 is 13.2. The summed E-state index contributed by atoms with van der Waals surface area (Å²) >= 11 is 0. The van der Waals surface area contributed by atoms with E-state index in [9.17, 15) is 5.11 Å². The molecular weight excluding hydrogens is 436 g/mol. The minimum atomic E-state index is -0.237. The Kier molecular flexibility index (Phi) is 7.09. The smallest absolute Gasteiger partial charge is 0.169 e. The van der Waals surface area contributed by atoms with Crippen LogP contribution in [-0.4, -0.2) is 47.6 Å². The normalized spacial score (nSPS) is 21.5. The fourth-order valence-electron chi connectivity index (χ4n) is 5.48. The molecule has 0 aliphatic carbocycles. The lowest BCUT2D eigenvalue weighted by atomic mass is 9.94. The third-order valence-corrected chi connectivity index (χ3v) is 6.99. The van der Waals surface area contributed by atoms with Gasteiger partial charge < -0.3 is 19.9 Å². The molecule has 2 heterocycles. The summed E-state index contributed by atoms with van der Waals surface area (Å²) in [5, 5.41) is 13.3. The van der Waals surface area contributed by atoms with Crippen molar-refractivity contribution in [2.75, 3.05) is 19.7 Å². The van der Waals surface area contributed by atoms with Crippen LogP contribution in [0.25, 0.3) is 0 Å². The van der Waals surface area contributed by atoms with Gasteiger partial charge in [0.25, 0.3) is 0 Å². The van der Waals surface area contributed by atoms with Gasteiger partial charge in [0.15, 0.2) is 17.7 Å². The van der Waals surface area contributed by atoms with Crippen LogP contribution < -0.4 is 14.8 Å². The Balaban J connectivity index is 1.54. The average Bonchev–Trinajstić information content (AvgIpc) is 3.20. The molecule has 3 aromatic rings. The van der Waals surface area contributed by atoms with Gasteiger partial charge in [0.2, 0.25) is 0 Å². The quantitative estimate of drug-likeness (QED) is 0.486. The Hall–Kier alpha value is -2.86. The molecule has 184 valence electrons. The standard InChI is InChI=1S/C30H36N2O3/c1-30(2)21-24-15-9-17-26(28(24)35-30)34-29-25(16-10-20-33)31-18-19-32(29)27(22-11-5-3-6-12-22)23-13-7-4-8-14-23/h3-9,11-15,17,25,27,29,31,33H,10,16,18-21H2,1-2H3. The van der Waals surface area contributed by atoms with Crippen LogP contribution in [0.1, 0.15) is 49.4 Å². The Morgan fingerprint density at radius 1 is 1.00 bits per heavy atom. The third kappa shape index (κ3) is 5.22. The van der Waals surface area contributed by atoms with Crippen molar-refractivity contribution >= 4 is 0 Å². The molecule has 0 aromatic heterocycles. The number of benzene rings is 3. The number of ether oxygens (including phenoxy) is 2. The number of nitrogens with zero attached hydrogens (tertiary/aromatic N) is 1. The highest BCUT2D eigenvalue weighted by atomic mass is 16.5. The highest BCUT2D eigenvalue weighted by Crippen LogP contribution is 2.43. The molecule has 2 aliphatic heterocycles. The highest BCUT2D eigenvalue weighted by Gasteiger charge is 2.40. The summed E-state index contributed by atoms with van der Waals surface area (Å²) in [4.78, 5) is 2.47. The average molecular weight is 473 g/mol. The lowest BCUT2D eigenvalue weighted by molar-refractivity contribution is -0.0482. The van der Waals surface area contributed by atoms with E-state index < -0.39 is 0 Å². The number of piperazine rings is 1. The van der Waals surface area contributed by atoms with Crippen LogP contribution in [0, 0.1) is 0 Å². The van der Waals surface area contributed by atoms with E-state index in [1.807, 2.05) is 6.07 Å². The molecule has 1 saturated heterocycles. The first kappa shape index (κ1) is 23.9. The zero-order valence-electron chi connectivity index (χ0n) is 20.7. The molecule has 0 saturated carbocycles. The van der Waals surface area contributed by atoms with Crippen molar-refractivity contribution in [3.8, 4) is 11.5 Å². The van der Waals surface area contributed by atoms with Gasteiger partial charge in [-0.3, -0.25) is 4.90 Å². The summed E-state index contributed by atoms with van der Waals surface area (Å²) in [7, 11) is 0. The molecule has 2 unspecified atom stereocenters. The van der Waals surface area contributed by atoms with Crippen molar-refractivity contribution in [1.29, 1.82) is 0 Å². The van der Waals surface area contributed by atoms with Gasteiger partial charge in [0.1, 0.15) is 5.60 Å². The third-order valence-electron chi connectivity index (χ3n) is 6.99. The molecule has 5 heteroatoms. The largest absolute Gasteiger partial charge is 0.483 e. The van der Waals surface area contributed by atoms with E-state index in [-0.39, 0.29) is 30.5 Å². The Labute approximate surface area is 208 Å². The maximum atomic E-state index is 9.59. The highest BCUT2D eigenvalue weighted by molar-refractivity contribution is 5.50. The first-order valence-corrected chi connectivity index (χ1v) is 12.7. The van der Waals surface area contributed by atoms with Crippen LogP contribution in [-0.2, 0) is 6.42 Å². The molecular formula is C30H36N2O3. The molecule has 35 heavy (non-hydrogen) atoms. The van der Waals surface area contributed by atoms with Crippen LogP contribution in [0.15, 0.2) is 78.9 Å². The van der Waals surface area contributed by atoms with Crippen LogP contribution in [0.2, 0.25) is 0 Å². The van der Waals surface area contributed by atoms with Gasteiger partial charge in [0.05, 0.1) is 12.1 Å². The predicted octanol–water partition coefficient (Wildman–Crippen LogP) is 4.94. The molecule has 3 aromatic carbocycles. The lowest BCUT2D eigenvalue weighted by Crippen LogP contribution is -2.61. The van der Waals surface area contributed by atoms with Crippen molar-refractivity contribution in [1.82, 2.24) is 10.2 Å². The SMILES string of the molecule is CC1(C)Cc2cccc(OC3C(CCCO)NCCN3C(c3ccccc3)c3ccccc3)c2O1. The zero-order valence-corrected chi connectivity index (χ0v) is 20.7. The van der Waals surface area contributed by atoms with E-state index in [0.717, 1.165) is 43.9 Å². The second kappa shape index (κ2) is 10.4. The number of hydrogen-bond donors (Lipinski definition) is 2. The maximum absolute atomic E-state index is 9.59. The summed E-state index contributed by atoms with van der Waals surface area (Å²) in [5.74, 6) is 1.65. The minimum absolute atomic E-state index is 0.0512. The molecule has 1 fully saturated rings. The molecule has 0 amide bonds. The molecule has 2 aliphatic rings. The first-order valence-electron chi connectivity index (χ1n) is 12.7. The Morgan fingerprint density at radius 3 is 2.34 bits per heavy atom. The van der Waals surface area contributed by atoms with Crippen LogP contribution in [0.4, 0.5) is 0 Å². The number of hydrogen-bond acceptors (Lipinski definition) is 5. The molecule has 0 radical (unpaired) electrons. The number of aliphatic hydroxyl groups is 1. The Bertz CT molecular complexity index is 1060. The lowest BCUT2D eigenvalue weighted by Gasteiger charge is -2.46. The van der Waals surface area contributed by atoms with Gasteiger partial charge >= 0.3 is 0 Å². The van der Waals surface area contributed by atoms with Crippen LogP contribution >= 0.6 is 0 Å². The molecule has 0 spiro atoms. The fourth-order valence-corrected chi connectivity index (χ4v) is 5.48. The topological polar surface area (TPSA) is 54.0 Å². The van der Waals surface area contributed by atoms with Crippen molar-refractivity contribution in [3.63, 3.8) is 0 Å². The molecule has 2 N–H and O–H groups in total. The zero-order chi connectivity index (χ0) is 24.3. The number of fused-ring (bicyclic) bond motifs is 1. The van der Waals surface area contributed by atoms with E-state index in [2.05, 4.69) is 96.9 Å². The van der Waals surface area contributed by atoms with Crippen molar-refractivity contribution in [2.24, 2.45) is 0 Å². The van der Waals surface area contributed by atoms with E-state index in [0.29, 0.717) is 0 Å². The Morgan fingerprint density at radius 2 is 1.69 bits per heavy atom. The second-order valence-electron chi connectivity index (χ2n) is 10.2. The van der Waals surface area contributed by atoms with E-state index >= 15 is 0 Å². The summed E-state index contributed by atoms with van der Waals surface area (Å²) in [6.45, 7) is 6.12. The number of rotatable bonds is 8. The van der Waals surface area contributed by atoms with Gasteiger partial charge in [0, 0.05) is 31.7 Å². The van der Waals surface area contributed by atoms with Gasteiger partial charge in [-0.1, -0.05) is 72.8 Å². The van der Waals surface area contributed by atoms with E-state index in [1.165, 1.54) is 16.7 Å². The monoisotopic (exact) mass is 472 g/mol. The van der Waals surface area contributed by atoms with Gasteiger partial charge in [-0.05, 0) is 43.9 Å². The summed E-state index contributed by atoms with van der Waals surface area (Å²) in [6, 6.07) is 27.7. The number of aliphatic hydroxyl groups excluding tert-OH is 1. The molecule has 5 rings (SSSR count). The second-order valence-corrected chi connectivity index (χ2v) is 10.2. The van der Waals surface area contributed by atoms with Gasteiger partial charge in [-0.2, -0.15) is 0 Å². The van der Waals surface area contributed by atoms with E-state index in [4.69, 9.17) is 9.47 Å². The first-order chi connectivity index (χ1) is 17.1.